The largest absolute Gasteiger partial charge is 0.468 e. The topological polar surface area (TPSA) is 175 Å². The molecule has 0 bridgehead atoms. The lowest BCUT2D eigenvalue weighted by atomic mass is 9.90. The summed E-state index contributed by atoms with van der Waals surface area (Å²) in [5.41, 5.74) is 0.623. The van der Waals surface area contributed by atoms with Crippen molar-refractivity contribution in [1.29, 1.82) is 0 Å². The normalized spacial score (nSPS) is 40.6. The molecule has 11 nitrogen and oxygen atoms in total. The monoisotopic (exact) mass is 404 g/mol. The second-order valence-electron chi connectivity index (χ2n) is 6.81. The maximum Gasteiger partial charge on any atom is 0.337 e. The number of hydrogen-bond acceptors (Lipinski definition) is 11. The fourth-order valence-electron chi connectivity index (χ4n) is 3.72. The van der Waals surface area contributed by atoms with Crippen LogP contribution in [0.2, 0.25) is 0 Å². The molecule has 28 heavy (non-hydrogen) atoms. The molecule has 3 aliphatic rings. The SMILES string of the molecule is COC(=O)C1=COC(OC2OC(CO)C(O)C(O)C2O)C2=C(CO)C(O)C[C@H]12. The van der Waals surface area contributed by atoms with Gasteiger partial charge in [0, 0.05) is 11.5 Å². The molecule has 0 aromatic heterocycles. The molecule has 0 spiro atoms. The first-order valence-corrected chi connectivity index (χ1v) is 8.75. The lowest BCUT2D eigenvalue weighted by Gasteiger charge is -2.41. The Kier molecular flexibility index (Phi) is 6.37. The van der Waals surface area contributed by atoms with Crippen LogP contribution in [0.15, 0.2) is 23.0 Å². The van der Waals surface area contributed by atoms with E-state index in [4.69, 9.17) is 18.9 Å². The molecule has 3 rings (SSSR count). The maximum atomic E-state index is 12.0. The average Bonchev–Trinajstić information content (AvgIpc) is 3.04. The van der Waals surface area contributed by atoms with Crippen molar-refractivity contribution >= 4 is 5.97 Å². The Bertz CT molecular complexity index is 657. The molecule has 0 radical (unpaired) electrons. The Morgan fingerprint density at radius 3 is 2.50 bits per heavy atom. The van der Waals surface area contributed by atoms with Crippen LogP contribution >= 0.6 is 0 Å². The minimum atomic E-state index is -1.66. The number of aliphatic hydroxyl groups excluding tert-OH is 6. The molecule has 8 atom stereocenters. The van der Waals surface area contributed by atoms with Crippen LogP contribution < -0.4 is 0 Å². The van der Waals surface area contributed by atoms with Gasteiger partial charge in [0.05, 0.1) is 38.3 Å². The quantitative estimate of drug-likeness (QED) is 0.202. The predicted octanol–water partition coefficient (Wildman–Crippen LogP) is -3.11. The smallest absolute Gasteiger partial charge is 0.337 e. The summed E-state index contributed by atoms with van der Waals surface area (Å²) in [5.74, 6) is -1.31. The van der Waals surface area contributed by atoms with Gasteiger partial charge in [-0.1, -0.05) is 0 Å². The summed E-state index contributed by atoms with van der Waals surface area (Å²) < 4.78 is 21.0. The Morgan fingerprint density at radius 1 is 1.18 bits per heavy atom. The first-order valence-electron chi connectivity index (χ1n) is 8.75. The number of rotatable bonds is 5. The molecule has 2 heterocycles. The van der Waals surface area contributed by atoms with Crippen LogP contribution in [-0.4, -0.2) is 100 Å². The molecule has 0 amide bonds. The van der Waals surface area contributed by atoms with Crippen molar-refractivity contribution in [1.82, 2.24) is 0 Å². The van der Waals surface area contributed by atoms with E-state index in [0.29, 0.717) is 0 Å². The highest BCUT2D eigenvalue weighted by Gasteiger charge is 2.49. The third kappa shape index (κ3) is 3.55. The van der Waals surface area contributed by atoms with Gasteiger partial charge in [0.25, 0.3) is 0 Å². The summed E-state index contributed by atoms with van der Waals surface area (Å²) in [6.07, 6.45) is -8.59. The van der Waals surface area contributed by atoms with Gasteiger partial charge in [-0.3, -0.25) is 0 Å². The molecule has 0 aromatic carbocycles. The fourth-order valence-corrected chi connectivity index (χ4v) is 3.72. The van der Waals surface area contributed by atoms with Crippen LogP contribution in [0.5, 0.6) is 0 Å². The molecular weight excluding hydrogens is 380 g/mol. The number of carbonyl (C=O) groups excluding carboxylic acids is 1. The van der Waals surface area contributed by atoms with Gasteiger partial charge in [0.15, 0.2) is 6.29 Å². The molecule has 158 valence electrons. The van der Waals surface area contributed by atoms with Crippen molar-refractivity contribution < 1.29 is 54.4 Å². The van der Waals surface area contributed by atoms with Gasteiger partial charge in [0.1, 0.15) is 24.4 Å². The van der Waals surface area contributed by atoms with Crippen molar-refractivity contribution in [3.05, 3.63) is 23.0 Å². The minimum absolute atomic E-state index is 0.101. The molecule has 0 aromatic rings. The van der Waals surface area contributed by atoms with Crippen LogP contribution in [0.3, 0.4) is 0 Å². The standard InChI is InChI=1S/C17H24O11/c1-25-15(24)8-5-26-16(11-6(8)2-9(20)7(11)3-18)28-17-14(23)13(22)12(21)10(4-19)27-17/h5-6,9-10,12-14,16-23H,2-4H2,1H3/t6-,9?,10?,12?,13?,14?,16?,17?/m1/s1. The Hall–Kier alpha value is -1.57. The molecule has 1 aliphatic carbocycles. The fraction of sp³-hybridized carbons (Fsp3) is 0.706. The van der Waals surface area contributed by atoms with E-state index in [2.05, 4.69) is 0 Å². The number of esters is 1. The minimum Gasteiger partial charge on any atom is -0.468 e. The van der Waals surface area contributed by atoms with Crippen molar-refractivity contribution in [3.8, 4) is 0 Å². The molecular formula is C17H24O11. The van der Waals surface area contributed by atoms with E-state index in [1.54, 1.807) is 0 Å². The van der Waals surface area contributed by atoms with Crippen LogP contribution in [0, 0.1) is 5.92 Å². The first kappa shape index (κ1) is 21.1. The summed E-state index contributed by atoms with van der Waals surface area (Å²) in [6.45, 7) is -1.14. The number of methoxy groups -OCH3 is 1. The summed E-state index contributed by atoms with van der Waals surface area (Å²) in [4.78, 5) is 12.0. The van der Waals surface area contributed by atoms with Crippen molar-refractivity contribution in [3.63, 3.8) is 0 Å². The Morgan fingerprint density at radius 2 is 1.89 bits per heavy atom. The average molecular weight is 404 g/mol. The second-order valence-corrected chi connectivity index (χ2v) is 6.81. The highest BCUT2D eigenvalue weighted by atomic mass is 16.8. The zero-order valence-corrected chi connectivity index (χ0v) is 15.0. The highest BCUT2D eigenvalue weighted by Crippen LogP contribution is 2.44. The van der Waals surface area contributed by atoms with Gasteiger partial charge in [-0.05, 0) is 12.0 Å². The maximum absolute atomic E-state index is 12.0. The first-order chi connectivity index (χ1) is 13.3. The van der Waals surface area contributed by atoms with Crippen molar-refractivity contribution in [2.45, 2.75) is 49.5 Å². The molecule has 7 unspecified atom stereocenters. The van der Waals surface area contributed by atoms with E-state index in [1.165, 1.54) is 7.11 Å². The third-order valence-electron chi connectivity index (χ3n) is 5.25. The number of carbonyl (C=O) groups is 1. The van der Waals surface area contributed by atoms with E-state index < -0.39 is 68.2 Å². The van der Waals surface area contributed by atoms with E-state index in [1.807, 2.05) is 0 Å². The lowest BCUT2D eigenvalue weighted by Crippen LogP contribution is -2.60. The Labute approximate surface area is 160 Å². The van der Waals surface area contributed by atoms with E-state index >= 15 is 0 Å². The molecule has 1 saturated heterocycles. The van der Waals surface area contributed by atoms with E-state index in [9.17, 15) is 35.4 Å². The molecule has 6 N–H and O–H groups in total. The van der Waals surface area contributed by atoms with Crippen molar-refractivity contribution in [2.24, 2.45) is 5.92 Å². The zero-order valence-electron chi connectivity index (χ0n) is 15.0. The van der Waals surface area contributed by atoms with Crippen LogP contribution in [0.4, 0.5) is 0 Å². The highest BCUT2D eigenvalue weighted by molar-refractivity contribution is 5.90. The summed E-state index contributed by atoms with van der Waals surface area (Å²) in [7, 11) is 1.20. The molecule has 2 aliphatic heterocycles. The van der Waals surface area contributed by atoms with Crippen molar-refractivity contribution in [2.75, 3.05) is 20.3 Å². The number of aliphatic hydroxyl groups is 6. The van der Waals surface area contributed by atoms with Gasteiger partial charge in [-0.15, -0.1) is 0 Å². The third-order valence-corrected chi connectivity index (χ3v) is 5.25. The zero-order chi connectivity index (χ0) is 20.6. The molecule has 11 heteroatoms. The lowest BCUT2D eigenvalue weighted by molar-refractivity contribution is -0.327. The molecule has 0 saturated carbocycles. The van der Waals surface area contributed by atoms with Crippen LogP contribution in [0.25, 0.3) is 0 Å². The van der Waals surface area contributed by atoms with Gasteiger partial charge in [0.2, 0.25) is 6.29 Å². The van der Waals surface area contributed by atoms with E-state index in [-0.39, 0.29) is 23.1 Å². The number of fused-ring (bicyclic) bond motifs is 1. The van der Waals surface area contributed by atoms with Gasteiger partial charge in [-0.2, -0.15) is 0 Å². The summed E-state index contributed by atoms with van der Waals surface area (Å²) in [5, 5.41) is 59.0. The van der Waals surface area contributed by atoms with Crippen LogP contribution in [0.1, 0.15) is 6.42 Å². The predicted molar refractivity (Wildman–Crippen MR) is 88.0 cm³/mol. The summed E-state index contributed by atoms with van der Waals surface area (Å²) >= 11 is 0. The van der Waals surface area contributed by atoms with Gasteiger partial charge in [-0.25, -0.2) is 4.79 Å². The van der Waals surface area contributed by atoms with Crippen LogP contribution in [-0.2, 0) is 23.7 Å². The van der Waals surface area contributed by atoms with Gasteiger partial charge >= 0.3 is 5.97 Å². The second kappa shape index (κ2) is 8.43. The Balaban J connectivity index is 1.88. The number of ether oxygens (including phenoxy) is 4. The molecule has 1 fully saturated rings. The number of hydrogen-bond donors (Lipinski definition) is 6. The van der Waals surface area contributed by atoms with E-state index in [0.717, 1.165) is 6.26 Å². The summed E-state index contributed by atoms with van der Waals surface area (Å²) in [6, 6.07) is 0. The van der Waals surface area contributed by atoms with Gasteiger partial charge < -0.3 is 49.6 Å².